The van der Waals surface area contributed by atoms with E-state index in [1.165, 1.54) is 7.11 Å². The van der Waals surface area contributed by atoms with Crippen LogP contribution >= 0.6 is 0 Å². The quantitative estimate of drug-likeness (QED) is 0.113. The third-order valence-electron chi connectivity index (χ3n) is 4.39. The third-order valence-corrected chi connectivity index (χ3v) is 4.39. The monoisotopic (exact) mass is 510 g/mol. The Bertz CT molecular complexity index is 463. The lowest BCUT2D eigenvalue weighted by Crippen LogP contribution is -2.15. The SMILES string of the molecule is CCCCCC(=O)OCCOCCOCCOCCOCCOCCOCCOCCC(=O)OC. The molecule has 0 aliphatic rings. The van der Waals surface area contributed by atoms with Crippen LogP contribution in [0.3, 0.4) is 0 Å². The van der Waals surface area contributed by atoms with Gasteiger partial charge in [-0.2, -0.15) is 0 Å². The highest BCUT2D eigenvalue weighted by Crippen LogP contribution is 2.00. The van der Waals surface area contributed by atoms with E-state index in [-0.39, 0.29) is 25.0 Å². The highest BCUT2D eigenvalue weighted by Gasteiger charge is 2.02. The number of carbonyl (C=O) groups is 2. The molecule has 0 aromatic rings. The molecular weight excluding hydrogens is 464 g/mol. The van der Waals surface area contributed by atoms with Gasteiger partial charge < -0.3 is 42.6 Å². The minimum Gasteiger partial charge on any atom is -0.469 e. The molecule has 208 valence electrons. The first-order valence-corrected chi connectivity index (χ1v) is 12.5. The fraction of sp³-hybridized carbons (Fsp3) is 0.917. The van der Waals surface area contributed by atoms with E-state index in [0.717, 1.165) is 19.3 Å². The van der Waals surface area contributed by atoms with Crippen LogP contribution in [-0.2, 0) is 52.2 Å². The lowest BCUT2D eigenvalue weighted by Gasteiger charge is -2.08. The number of rotatable bonds is 28. The van der Waals surface area contributed by atoms with E-state index in [4.69, 9.17) is 37.9 Å². The van der Waals surface area contributed by atoms with Gasteiger partial charge in [-0.3, -0.25) is 9.59 Å². The number of hydrogen-bond donors (Lipinski definition) is 0. The van der Waals surface area contributed by atoms with Crippen LogP contribution in [0.15, 0.2) is 0 Å². The van der Waals surface area contributed by atoms with Crippen LogP contribution in [0.4, 0.5) is 0 Å². The Kier molecular flexibility index (Phi) is 27.8. The van der Waals surface area contributed by atoms with Gasteiger partial charge in [0, 0.05) is 6.42 Å². The van der Waals surface area contributed by atoms with Crippen LogP contribution in [-0.4, -0.2) is 118 Å². The average Bonchev–Trinajstić information content (AvgIpc) is 2.86. The van der Waals surface area contributed by atoms with Gasteiger partial charge in [0.25, 0.3) is 0 Å². The summed E-state index contributed by atoms with van der Waals surface area (Å²) in [7, 11) is 1.35. The summed E-state index contributed by atoms with van der Waals surface area (Å²) in [6.45, 7) is 8.75. The summed E-state index contributed by atoms with van der Waals surface area (Å²) in [6.07, 6.45) is 3.74. The first-order chi connectivity index (χ1) is 17.2. The Labute approximate surface area is 209 Å². The number of carbonyl (C=O) groups excluding carboxylic acids is 2. The predicted molar refractivity (Wildman–Crippen MR) is 127 cm³/mol. The number of methoxy groups -OCH3 is 1. The molecule has 0 saturated heterocycles. The number of ether oxygens (including phenoxy) is 9. The van der Waals surface area contributed by atoms with E-state index in [0.29, 0.717) is 98.9 Å². The summed E-state index contributed by atoms with van der Waals surface area (Å²) in [4.78, 5) is 22.3. The van der Waals surface area contributed by atoms with Crippen molar-refractivity contribution in [1.29, 1.82) is 0 Å². The van der Waals surface area contributed by atoms with Gasteiger partial charge in [0.15, 0.2) is 0 Å². The maximum absolute atomic E-state index is 11.4. The molecule has 0 aromatic carbocycles. The second-order valence-corrected chi connectivity index (χ2v) is 7.29. The summed E-state index contributed by atoms with van der Waals surface area (Å²) >= 11 is 0. The lowest BCUT2D eigenvalue weighted by molar-refractivity contribution is -0.145. The van der Waals surface area contributed by atoms with Gasteiger partial charge in [0.1, 0.15) is 6.61 Å². The molecule has 0 atom stereocenters. The van der Waals surface area contributed by atoms with E-state index >= 15 is 0 Å². The van der Waals surface area contributed by atoms with Gasteiger partial charge in [-0.1, -0.05) is 19.8 Å². The van der Waals surface area contributed by atoms with Gasteiger partial charge in [0.05, 0.1) is 106 Å². The molecular formula is C24H46O11. The molecule has 0 bridgehead atoms. The summed E-state index contributed by atoms with van der Waals surface area (Å²) in [5.41, 5.74) is 0. The molecule has 0 aliphatic heterocycles. The zero-order chi connectivity index (χ0) is 25.7. The summed E-state index contributed by atoms with van der Waals surface area (Å²) in [6, 6.07) is 0. The first-order valence-electron chi connectivity index (χ1n) is 12.5. The first kappa shape index (κ1) is 33.7. The zero-order valence-corrected chi connectivity index (χ0v) is 21.6. The molecule has 0 amide bonds. The number of esters is 2. The van der Waals surface area contributed by atoms with Gasteiger partial charge in [0.2, 0.25) is 0 Å². The molecule has 0 fully saturated rings. The second-order valence-electron chi connectivity index (χ2n) is 7.29. The van der Waals surface area contributed by atoms with Crippen molar-refractivity contribution in [3.8, 4) is 0 Å². The van der Waals surface area contributed by atoms with Crippen molar-refractivity contribution in [3.63, 3.8) is 0 Å². The van der Waals surface area contributed by atoms with Crippen molar-refractivity contribution in [1.82, 2.24) is 0 Å². The van der Waals surface area contributed by atoms with Crippen LogP contribution in [0, 0.1) is 0 Å². The van der Waals surface area contributed by atoms with Crippen LogP contribution in [0.2, 0.25) is 0 Å². The highest BCUT2D eigenvalue weighted by molar-refractivity contribution is 5.69. The highest BCUT2D eigenvalue weighted by atomic mass is 16.6. The van der Waals surface area contributed by atoms with Crippen LogP contribution in [0.5, 0.6) is 0 Å². The van der Waals surface area contributed by atoms with Crippen LogP contribution in [0.25, 0.3) is 0 Å². The lowest BCUT2D eigenvalue weighted by atomic mass is 10.2. The van der Waals surface area contributed by atoms with Gasteiger partial charge in [-0.25, -0.2) is 0 Å². The summed E-state index contributed by atoms with van der Waals surface area (Å²) in [5.74, 6) is -0.448. The number of hydrogen-bond acceptors (Lipinski definition) is 11. The van der Waals surface area contributed by atoms with E-state index in [2.05, 4.69) is 11.7 Å². The van der Waals surface area contributed by atoms with Crippen molar-refractivity contribution in [2.24, 2.45) is 0 Å². The molecule has 11 nitrogen and oxygen atoms in total. The summed E-state index contributed by atoms with van der Waals surface area (Å²) in [5, 5.41) is 0. The maximum atomic E-state index is 11.4. The molecule has 0 saturated carbocycles. The molecule has 0 rings (SSSR count). The van der Waals surface area contributed by atoms with Gasteiger partial charge in [-0.05, 0) is 6.42 Å². The fourth-order valence-electron chi connectivity index (χ4n) is 2.49. The van der Waals surface area contributed by atoms with Crippen molar-refractivity contribution in [3.05, 3.63) is 0 Å². The zero-order valence-electron chi connectivity index (χ0n) is 21.6. The molecule has 0 spiro atoms. The minimum atomic E-state index is -0.286. The Morgan fingerprint density at radius 2 is 0.829 bits per heavy atom. The van der Waals surface area contributed by atoms with E-state index in [1.807, 2.05) is 0 Å². The third kappa shape index (κ3) is 28.8. The molecule has 0 radical (unpaired) electrons. The Morgan fingerprint density at radius 1 is 0.457 bits per heavy atom. The van der Waals surface area contributed by atoms with E-state index in [9.17, 15) is 9.59 Å². The number of unbranched alkanes of at least 4 members (excludes halogenated alkanes) is 2. The molecule has 0 aliphatic carbocycles. The second kappa shape index (κ2) is 28.9. The van der Waals surface area contributed by atoms with Crippen molar-refractivity contribution in [2.45, 2.75) is 39.0 Å². The standard InChI is InChI=1S/C24H46O11/c1-3-4-5-6-24(26)35-22-21-34-20-19-33-18-17-32-16-15-31-14-13-30-12-11-29-10-9-28-8-7-23(25)27-2/h3-22H2,1-2H3. The Hall–Kier alpha value is -1.34. The van der Waals surface area contributed by atoms with E-state index in [1.54, 1.807) is 0 Å². The average molecular weight is 511 g/mol. The fourth-order valence-corrected chi connectivity index (χ4v) is 2.49. The molecule has 35 heavy (non-hydrogen) atoms. The molecule has 0 aromatic heterocycles. The smallest absolute Gasteiger partial charge is 0.307 e. The van der Waals surface area contributed by atoms with Crippen molar-refractivity contribution in [2.75, 3.05) is 106 Å². The van der Waals surface area contributed by atoms with Gasteiger partial charge in [-0.15, -0.1) is 0 Å². The van der Waals surface area contributed by atoms with Gasteiger partial charge >= 0.3 is 11.9 Å². The molecule has 0 N–H and O–H groups in total. The minimum absolute atomic E-state index is 0.162. The van der Waals surface area contributed by atoms with Crippen LogP contribution < -0.4 is 0 Å². The normalized spacial score (nSPS) is 11.0. The summed E-state index contributed by atoms with van der Waals surface area (Å²) < 4.78 is 47.2. The molecule has 0 heterocycles. The van der Waals surface area contributed by atoms with Crippen molar-refractivity contribution >= 4 is 11.9 Å². The van der Waals surface area contributed by atoms with E-state index < -0.39 is 0 Å². The van der Waals surface area contributed by atoms with Crippen LogP contribution in [0.1, 0.15) is 39.0 Å². The molecule has 11 heteroatoms. The Balaban J connectivity index is 3.09. The van der Waals surface area contributed by atoms with Crippen molar-refractivity contribution < 1.29 is 52.2 Å². The molecule has 0 unspecified atom stereocenters. The Morgan fingerprint density at radius 3 is 1.20 bits per heavy atom. The predicted octanol–water partition coefficient (Wildman–Crippen LogP) is 1.79. The largest absolute Gasteiger partial charge is 0.469 e. The topological polar surface area (TPSA) is 117 Å². The maximum Gasteiger partial charge on any atom is 0.307 e.